The third-order valence-electron chi connectivity index (χ3n) is 2.88. The largest absolute Gasteiger partial charge is 0.394 e. The van der Waals surface area contributed by atoms with Gasteiger partial charge in [-0.05, 0) is 13.0 Å². The zero-order chi connectivity index (χ0) is 15.3. The van der Waals surface area contributed by atoms with Crippen LogP contribution < -0.4 is 5.32 Å². The molecule has 1 rings (SSSR count). The second-order valence-corrected chi connectivity index (χ2v) is 4.56. The topological polar surface area (TPSA) is 139 Å². The Labute approximate surface area is 114 Å². The van der Waals surface area contributed by atoms with Crippen LogP contribution in [0.1, 0.15) is 12.5 Å². The van der Waals surface area contributed by atoms with E-state index in [1.54, 1.807) is 6.92 Å². The first-order chi connectivity index (χ1) is 9.33. The van der Waals surface area contributed by atoms with Crippen LogP contribution in [0.5, 0.6) is 0 Å². The molecular weight excluding hydrogens is 270 g/mol. The molecular formula is C11H15N3O6. The number of aliphatic hydroxyl groups is 2. The molecule has 0 aromatic heterocycles. The monoisotopic (exact) mass is 285 g/mol. The van der Waals surface area contributed by atoms with Crippen molar-refractivity contribution in [2.75, 3.05) is 13.2 Å². The van der Waals surface area contributed by atoms with Crippen molar-refractivity contribution >= 4 is 11.4 Å². The summed E-state index contributed by atoms with van der Waals surface area (Å²) in [5.74, 6) is 0. The van der Waals surface area contributed by atoms with Crippen molar-refractivity contribution in [3.05, 3.63) is 44.0 Å². The fourth-order valence-electron chi connectivity index (χ4n) is 1.46. The molecule has 0 saturated carbocycles. The Morgan fingerprint density at radius 1 is 1.20 bits per heavy atom. The van der Waals surface area contributed by atoms with E-state index < -0.39 is 15.4 Å². The van der Waals surface area contributed by atoms with Crippen molar-refractivity contribution in [3.8, 4) is 0 Å². The summed E-state index contributed by atoms with van der Waals surface area (Å²) in [5, 5.41) is 42.5. The molecule has 9 heteroatoms. The summed E-state index contributed by atoms with van der Waals surface area (Å²) < 4.78 is 0. The highest BCUT2D eigenvalue weighted by atomic mass is 16.6. The Kier molecular flexibility index (Phi) is 5.08. The van der Waals surface area contributed by atoms with Crippen molar-refractivity contribution in [2.24, 2.45) is 0 Å². The Hall–Kier alpha value is -2.10. The maximum absolute atomic E-state index is 10.9. The van der Waals surface area contributed by atoms with Crippen LogP contribution in [0.3, 0.4) is 0 Å². The first-order valence-electron chi connectivity index (χ1n) is 5.71. The number of nitro benzene ring substituents is 2. The molecule has 0 spiro atoms. The molecule has 0 radical (unpaired) electrons. The molecule has 1 aromatic carbocycles. The highest BCUT2D eigenvalue weighted by molar-refractivity contribution is 5.49. The summed E-state index contributed by atoms with van der Waals surface area (Å²) in [4.78, 5) is 20.1. The second-order valence-electron chi connectivity index (χ2n) is 4.56. The highest BCUT2D eigenvalue weighted by Crippen LogP contribution is 2.24. The molecule has 0 aliphatic rings. The van der Waals surface area contributed by atoms with Crippen molar-refractivity contribution < 1.29 is 20.1 Å². The van der Waals surface area contributed by atoms with Crippen LogP contribution in [0.4, 0.5) is 11.4 Å². The van der Waals surface area contributed by atoms with Gasteiger partial charge in [0, 0.05) is 18.2 Å². The molecule has 9 nitrogen and oxygen atoms in total. The lowest BCUT2D eigenvalue weighted by molar-refractivity contribution is -0.394. The van der Waals surface area contributed by atoms with Gasteiger partial charge in [-0.1, -0.05) is 0 Å². The molecule has 20 heavy (non-hydrogen) atoms. The zero-order valence-corrected chi connectivity index (χ0v) is 10.8. The molecule has 110 valence electrons. The van der Waals surface area contributed by atoms with E-state index in [1.165, 1.54) is 12.1 Å². The van der Waals surface area contributed by atoms with Crippen LogP contribution in [-0.4, -0.2) is 38.8 Å². The molecule has 0 atom stereocenters. The van der Waals surface area contributed by atoms with Gasteiger partial charge in [0.05, 0.1) is 34.7 Å². The normalized spacial score (nSPS) is 11.3. The SMILES string of the molecule is CC(CO)(CO)NCc1ccc([N+](=O)[O-])cc1[N+](=O)[O-]. The van der Waals surface area contributed by atoms with E-state index in [0.29, 0.717) is 0 Å². The Balaban J connectivity index is 3.01. The van der Waals surface area contributed by atoms with Crippen LogP contribution in [-0.2, 0) is 6.54 Å². The molecule has 0 fully saturated rings. The number of nitrogens with one attached hydrogen (secondary N) is 1. The van der Waals surface area contributed by atoms with Gasteiger partial charge in [0.15, 0.2) is 0 Å². The number of non-ortho nitro benzene ring substituents is 1. The predicted molar refractivity (Wildman–Crippen MR) is 69.2 cm³/mol. The van der Waals surface area contributed by atoms with Crippen LogP contribution >= 0.6 is 0 Å². The van der Waals surface area contributed by atoms with E-state index in [-0.39, 0.29) is 36.7 Å². The minimum Gasteiger partial charge on any atom is -0.394 e. The van der Waals surface area contributed by atoms with Gasteiger partial charge in [0.2, 0.25) is 0 Å². The van der Waals surface area contributed by atoms with Crippen LogP contribution in [0.25, 0.3) is 0 Å². The van der Waals surface area contributed by atoms with E-state index in [0.717, 1.165) is 6.07 Å². The van der Waals surface area contributed by atoms with Gasteiger partial charge < -0.3 is 15.5 Å². The van der Waals surface area contributed by atoms with E-state index in [4.69, 9.17) is 10.2 Å². The van der Waals surface area contributed by atoms with Crippen molar-refractivity contribution in [1.82, 2.24) is 5.32 Å². The number of hydrogen-bond donors (Lipinski definition) is 3. The smallest absolute Gasteiger partial charge is 0.280 e. The third kappa shape index (κ3) is 3.70. The van der Waals surface area contributed by atoms with Gasteiger partial charge >= 0.3 is 0 Å². The summed E-state index contributed by atoms with van der Waals surface area (Å²) in [6.07, 6.45) is 0. The number of rotatable bonds is 7. The van der Waals surface area contributed by atoms with Crippen molar-refractivity contribution in [2.45, 2.75) is 19.0 Å². The quantitative estimate of drug-likeness (QED) is 0.484. The summed E-state index contributed by atoms with van der Waals surface area (Å²) in [5.41, 5.74) is -1.51. The maximum Gasteiger partial charge on any atom is 0.280 e. The first-order valence-corrected chi connectivity index (χ1v) is 5.71. The number of aliphatic hydroxyl groups excluding tert-OH is 2. The molecule has 0 amide bonds. The number of hydrogen-bond acceptors (Lipinski definition) is 7. The van der Waals surface area contributed by atoms with Gasteiger partial charge in [-0.3, -0.25) is 20.2 Å². The molecule has 0 bridgehead atoms. The average molecular weight is 285 g/mol. The standard InChI is InChI=1S/C11H15N3O6/c1-11(6-15,7-16)12-5-8-2-3-9(13(17)18)4-10(8)14(19)20/h2-4,12,15-16H,5-7H2,1H3. The lowest BCUT2D eigenvalue weighted by Gasteiger charge is -2.26. The molecule has 0 unspecified atom stereocenters. The highest BCUT2D eigenvalue weighted by Gasteiger charge is 2.24. The Morgan fingerprint density at radius 2 is 1.80 bits per heavy atom. The van der Waals surface area contributed by atoms with Crippen molar-refractivity contribution in [3.63, 3.8) is 0 Å². The van der Waals surface area contributed by atoms with Crippen LogP contribution in [0.15, 0.2) is 18.2 Å². The van der Waals surface area contributed by atoms with Gasteiger partial charge in [0.1, 0.15) is 0 Å². The predicted octanol–water partition coefficient (Wildman–Crippen LogP) is 0.336. The van der Waals surface area contributed by atoms with Crippen molar-refractivity contribution in [1.29, 1.82) is 0 Å². The zero-order valence-electron chi connectivity index (χ0n) is 10.8. The number of nitro groups is 2. The molecule has 0 heterocycles. The molecule has 0 saturated heterocycles. The van der Waals surface area contributed by atoms with Gasteiger partial charge in [-0.2, -0.15) is 0 Å². The van der Waals surface area contributed by atoms with Gasteiger partial charge in [0.25, 0.3) is 11.4 Å². The maximum atomic E-state index is 10.9. The first kappa shape index (κ1) is 16.0. The average Bonchev–Trinajstić information content (AvgIpc) is 2.44. The Morgan fingerprint density at radius 3 is 2.25 bits per heavy atom. The molecule has 0 aliphatic heterocycles. The van der Waals surface area contributed by atoms with E-state index in [9.17, 15) is 20.2 Å². The van der Waals surface area contributed by atoms with E-state index >= 15 is 0 Å². The number of benzene rings is 1. The minimum atomic E-state index is -0.990. The Bertz CT molecular complexity index is 515. The fourth-order valence-corrected chi connectivity index (χ4v) is 1.46. The number of nitrogens with zero attached hydrogens (tertiary/aromatic N) is 2. The molecule has 0 aliphatic carbocycles. The van der Waals surface area contributed by atoms with Gasteiger partial charge in [-0.15, -0.1) is 0 Å². The fraction of sp³-hybridized carbons (Fsp3) is 0.455. The van der Waals surface area contributed by atoms with E-state index in [1.807, 2.05) is 0 Å². The summed E-state index contributed by atoms with van der Waals surface area (Å²) in [6.45, 7) is 0.824. The summed E-state index contributed by atoms with van der Waals surface area (Å²) >= 11 is 0. The lowest BCUT2D eigenvalue weighted by atomic mass is 10.0. The molecule has 1 aromatic rings. The second kappa shape index (κ2) is 6.37. The molecule has 3 N–H and O–H groups in total. The minimum absolute atomic E-state index is 0.00801. The summed E-state index contributed by atoms with van der Waals surface area (Å²) in [7, 11) is 0. The van der Waals surface area contributed by atoms with Gasteiger partial charge in [-0.25, -0.2) is 0 Å². The lowest BCUT2D eigenvalue weighted by Crippen LogP contribution is -2.48. The van der Waals surface area contributed by atoms with Crippen LogP contribution in [0, 0.1) is 20.2 Å². The van der Waals surface area contributed by atoms with Crippen LogP contribution in [0.2, 0.25) is 0 Å². The van der Waals surface area contributed by atoms with E-state index in [2.05, 4.69) is 5.32 Å². The summed E-state index contributed by atoms with van der Waals surface area (Å²) in [6, 6.07) is 3.32. The third-order valence-corrected chi connectivity index (χ3v) is 2.88.